The van der Waals surface area contributed by atoms with Gasteiger partial charge in [-0.05, 0) is 17.8 Å². The van der Waals surface area contributed by atoms with Crippen molar-refractivity contribution in [3.8, 4) is 0 Å². The zero-order chi connectivity index (χ0) is 11.5. The quantitative estimate of drug-likeness (QED) is 0.727. The van der Waals surface area contributed by atoms with E-state index in [4.69, 9.17) is 4.55 Å². The lowest BCUT2D eigenvalue weighted by Crippen LogP contribution is -2.35. The predicted octanol–water partition coefficient (Wildman–Crippen LogP) is 2.58. The summed E-state index contributed by atoms with van der Waals surface area (Å²) in [5.41, 5.74) is 0. The molecule has 0 rings (SSSR count). The first-order valence-electron chi connectivity index (χ1n) is 5.18. The van der Waals surface area contributed by atoms with Crippen LogP contribution in [0.3, 0.4) is 0 Å². The molecule has 0 aliphatic carbocycles. The van der Waals surface area contributed by atoms with Crippen LogP contribution in [0, 0.1) is 17.8 Å². The molecule has 3 atom stereocenters. The van der Waals surface area contributed by atoms with Crippen LogP contribution in [0.1, 0.15) is 41.0 Å². The summed E-state index contributed by atoms with van der Waals surface area (Å²) < 4.78 is 31.5. The van der Waals surface area contributed by atoms with E-state index in [-0.39, 0.29) is 11.8 Å². The standard InChI is InChI=1S/C10H22O3S/c1-6-8(4)9(5)10(7(2)3)14(11,12)13/h7-10H,6H2,1-5H3,(H,11,12,13)/t8-,9?,10?/m1/s1. The molecule has 2 unspecified atom stereocenters. The fourth-order valence-electron chi connectivity index (χ4n) is 1.92. The number of hydrogen-bond acceptors (Lipinski definition) is 2. The molecule has 0 radical (unpaired) electrons. The second-order valence-corrected chi connectivity index (χ2v) is 6.04. The van der Waals surface area contributed by atoms with Gasteiger partial charge in [-0.3, -0.25) is 4.55 Å². The summed E-state index contributed by atoms with van der Waals surface area (Å²) in [6.45, 7) is 9.61. The minimum absolute atomic E-state index is 0.00463. The number of hydrogen-bond donors (Lipinski definition) is 1. The van der Waals surface area contributed by atoms with E-state index in [0.717, 1.165) is 6.42 Å². The van der Waals surface area contributed by atoms with Gasteiger partial charge in [0.1, 0.15) is 0 Å². The molecular weight excluding hydrogens is 200 g/mol. The molecule has 0 saturated heterocycles. The smallest absolute Gasteiger partial charge is 0.268 e. The highest BCUT2D eigenvalue weighted by Crippen LogP contribution is 2.27. The van der Waals surface area contributed by atoms with Crippen molar-refractivity contribution in [2.75, 3.05) is 0 Å². The van der Waals surface area contributed by atoms with E-state index in [1.54, 1.807) is 0 Å². The molecule has 0 amide bonds. The first kappa shape index (κ1) is 13.9. The maximum absolute atomic E-state index is 11.2. The normalized spacial score (nSPS) is 19.4. The molecule has 3 nitrogen and oxygen atoms in total. The van der Waals surface area contributed by atoms with Crippen LogP contribution < -0.4 is 0 Å². The van der Waals surface area contributed by atoms with Crippen LogP contribution in [0.4, 0.5) is 0 Å². The Kier molecular flexibility index (Phi) is 5.09. The topological polar surface area (TPSA) is 54.4 Å². The van der Waals surface area contributed by atoms with Crippen molar-refractivity contribution in [1.29, 1.82) is 0 Å². The van der Waals surface area contributed by atoms with Crippen molar-refractivity contribution in [2.24, 2.45) is 17.8 Å². The third kappa shape index (κ3) is 3.58. The van der Waals surface area contributed by atoms with Crippen molar-refractivity contribution < 1.29 is 13.0 Å². The molecule has 0 saturated carbocycles. The molecule has 86 valence electrons. The summed E-state index contributed by atoms with van der Waals surface area (Å²) in [5, 5.41) is -0.641. The van der Waals surface area contributed by atoms with Crippen LogP contribution in [-0.4, -0.2) is 18.2 Å². The Balaban J connectivity index is 4.86. The van der Waals surface area contributed by atoms with E-state index >= 15 is 0 Å². The highest BCUT2D eigenvalue weighted by molar-refractivity contribution is 7.86. The average Bonchev–Trinajstić information content (AvgIpc) is 1.99. The predicted molar refractivity (Wildman–Crippen MR) is 58.8 cm³/mol. The monoisotopic (exact) mass is 222 g/mol. The molecule has 0 aliphatic heterocycles. The SMILES string of the molecule is CC[C@@H](C)C(C)C(C(C)C)S(=O)(=O)O. The van der Waals surface area contributed by atoms with Crippen LogP contribution in [0.5, 0.6) is 0 Å². The van der Waals surface area contributed by atoms with E-state index in [1.165, 1.54) is 0 Å². The van der Waals surface area contributed by atoms with E-state index in [9.17, 15) is 8.42 Å². The Morgan fingerprint density at radius 3 is 1.79 bits per heavy atom. The Morgan fingerprint density at radius 1 is 1.14 bits per heavy atom. The van der Waals surface area contributed by atoms with Gasteiger partial charge in [0.05, 0.1) is 5.25 Å². The van der Waals surface area contributed by atoms with Crippen LogP contribution in [0.2, 0.25) is 0 Å². The van der Waals surface area contributed by atoms with E-state index < -0.39 is 15.4 Å². The molecule has 14 heavy (non-hydrogen) atoms. The number of rotatable bonds is 5. The summed E-state index contributed by atoms with van der Waals surface area (Å²) in [6, 6.07) is 0. The largest absolute Gasteiger partial charge is 0.285 e. The van der Waals surface area contributed by atoms with Gasteiger partial charge in [-0.2, -0.15) is 8.42 Å². The summed E-state index contributed by atoms with van der Waals surface area (Å²) in [7, 11) is -3.92. The molecule has 0 aromatic rings. The van der Waals surface area contributed by atoms with Crippen LogP contribution >= 0.6 is 0 Å². The van der Waals surface area contributed by atoms with Crippen molar-refractivity contribution in [3.63, 3.8) is 0 Å². The first-order valence-corrected chi connectivity index (χ1v) is 6.68. The minimum atomic E-state index is -3.92. The van der Waals surface area contributed by atoms with E-state index in [1.807, 2.05) is 34.6 Å². The second kappa shape index (κ2) is 5.12. The third-order valence-electron chi connectivity index (χ3n) is 3.06. The van der Waals surface area contributed by atoms with Gasteiger partial charge >= 0.3 is 0 Å². The van der Waals surface area contributed by atoms with Crippen molar-refractivity contribution in [1.82, 2.24) is 0 Å². The van der Waals surface area contributed by atoms with E-state index in [2.05, 4.69) is 0 Å². The molecule has 0 fully saturated rings. The molecule has 0 aromatic carbocycles. The van der Waals surface area contributed by atoms with Crippen LogP contribution in [0.25, 0.3) is 0 Å². The van der Waals surface area contributed by atoms with Gasteiger partial charge in [-0.25, -0.2) is 0 Å². The lowest BCUT2D eigenvalue weighted by Gasteiger charge is -2.28. The van der Waals surface area contributed by atoms with Gasteiger partial charge in [-0.1, -0.05) is 41.0 Å². The lowest BCUT2D eigenvalue weighted by atomic mass is 9.86. The summed E-state index contributed by atoms with van der Waals surface area (Å²) >= 11 is 0. The molecule has 0 spiro atoms. The maximum Gasteiger partial charge on any atom is 0.268 e. The van der Waals surface area contributed by atoms with Gasteiger partial charge in [-0.15, -0.1) is 0 Å². The van der Waals surface area contributed by atoms with Gasteiger partial charge in [0, 0.05) is 0 Å². The fourth-order valence-corrected chi connectivity index (χ4v) is 3.42. The van der Waals surface area contributed by atoms with Crippen molar-refractivity contribution in [2.45, 2.75) is 46.3 Å². The van der Waals surface area contributed by atoms with Gasteiger partial charge in [0.15, 0.2) is 0 Å². The average molecular weight is 222 g/mol. The highest BCUT2D eigenvalue weighted by Gasteiger charge is 2.34. The van der Waals surface area contributed by atoms with Crippen LogP contribution in [0.15, 0.2) is 0 Å². The summed E-state index contributed by atoms with van der Waals surface area (Å²) in [6.07, 6.45) is 0.930. The molecule has 0 heterocycles. The zero-order valence-electron chi connectivity index (χ0n) is 9.69. The summed E-state index contributed by atoms with van der Waals surface area (Å²) in [4.78, 5) is 0. The molecule has 0 bridgehead atoms. The molecule has 0 aliphatic rings. The van der Waals surface area contributed by atoms with Crippen molar-refractivity contribution in [3.05, 3.63) is 0 Å². The summed E-state index contributed by atoms with van der Waals surface area (Å²) in [5.74, 6) is 0.258. The zero-order valence-corrected chi connectivity index (χ0v) is 10.5. The second-order valence-electron chi connectivity index (χ2n) is 4.47. The Labute approximate surface area is 87.7 Å². The van der Waals surface area contributed by atoms with Crippen LogP contribution in [-0.2, 0) is 10.1 Å². The molecule has 0 aromatic heterocycles. The maximum atomic E-state index is 11.2. The van der Waals surface area contributed by atoms with Gasteiger partial charge < -0.3 is 0 Å². The van der Waals surface area contributed by atoms with Crippen molar-refractivity contribution >= 4 is 10.1 Å². The van der Waals surface area contributed by atoms with Gasteiger partial charge in [0.2, 0.25) is 0 Å². The lowest BCUT2D eigenvalue weighted by molar-refractivity contribution is 0.301. The minimum Gasteiger partial charge on any atom is -0.285 e. The first-order chi connectivity index (χ1) is 6.21. The Morgan fingerprint density at radius 2 is 1.57 bits per heavy atom. The highest BCUT2D eigenvalue weighted by atomic mass is 32.2. The Hall–Kier alpha value is -0.0900. The molecule has 4 heteroatoms. The molecule has 1 N–H and O–H groups in total. The Bertz CT molecular complexity index is 257. The van der Waals surface area contributed by atoms with E-state index in [0.29, 0.717) is 5.92 Å². The third-order valence-corrected chi connectivity index (χ3v) is 4.72. The fraction of sp³-hybridized carbons (Fsp3) is 1.00. The molecular formula is C10H22O3S. The van der Waals surface area contributed by atoms with Gasteiger partial charge in [0.25, 0.3) is 10.1 Å².